The molecule has 1 aliphatic heterocycles. The van der Waals surface area contributed by atoms with Crippen molar-refractivity contribution in [2.45, 2.75) is 32.9 Å². The molecule has 0 radical (unpaired) electrons. The SMILES string of the molecule is CC(C(=O)NN)C(C)N1CCOCC1C. The molecule has 88 valence electrons. The number of carbonyl (C=O) groups is 1. The lowest BCUT2D eigenvalue weighted by Gasteiger charge is -2.39. The fourth-order valence-electron chi connectivity index (χ4n) is 1.98. The summed E-state index contributed by atoms with van der Waals surface area (Å²) in [5.74, 6) is 4.92. The van der Waals surface area contributed by atoms with Crippen LogP contribution in [0.25, 0.3) is 0 Å². The maximum Gasteiger partial charge on any atom is 0.238 e. The molecule has 5 nitrogen and oxygen atoms in total. The van der Waals surface area contributed by atoms with Crippen LogP contribution in [0.4, 0.5) is 0 Å². The lowest BCUT2D eigenvalue weighted by atomic mass is 9.99. The Kier molecular flexibility index (Phi) is 4.50. The predicted octanol–water partition coefficient (Wildman–Crippen LogP) is -0.278. The van der Waals surface area contributed by atoms with E-state index >= 15 is 0 Å². The summed E-state index contributed by atoms with van der Waals surface area (Å²) in [5, 5.41) is 0. The maximum atomic E-state index is 11.4. The molecular weight excluding hydrogens is 194 g/mol. The van der Waals surface area contributed by atoms with Gasteiger partial charge in [-0.2, -0.15) is 0 Å². The molecule has 3 unspecified atom stereocenters. The van der Waals surface area contributed by atoms with E-state index in [9.17, 15) is 4.79 Å². The molecule has 3 N–H and O–H groups in total. The first-order chi connectivity index (χ1) is 7.07. The number of ether oxygens (including phenoxy) is 1. The molecular formula is C10H21N3O2. The number of nitrogens with zero attached hydrogens (tertiary/aromatic N) is 1. The van der Waals surface area contributed by atoms with Gasteiger partial charge < -0.3 is 4.74 Å². The van der Waals surface area contributed by atoms with Gasteiger partial charge in [-0.25, -0.2) is 5.84 Å². The molecule has 1 rings (SSSR count). The third kappa shape index (κ3) is 2.90. The second-order valence-electron chi connectivity index (χ2n) is 4.20. The van der Waals surface area contributed by atoms with E-state index in [1.807, 2.05) is 6.92 Å². The van der Waals surface area contributed by atoms with E-state index < -0.39 is 0 Å². The zero-order valence-electron chi connectivity index (χ0n) is 9.69. The van der Waals surface area contributed by atoms with Crippen molar-refractivity contribution >= 4 is 5.91 Å². The summed E-state index contributed by atoms with van der Waals surface area (Å²) in [6, 6.07) is 0.550. The molecule has 0 bridgehead atoms. The number of morpholine rings is 1. The van der Waals surface area contributed by atoms with Crippen LogP contribution in [0.2, 0.25) is 0 Å². The summed E-state index contributed by atoms with van der Waals surface area (Å²) in [5.41, 5.74) is 2.20. The van der Waals surface area contributed by atoms with Gasteiger partial charge in [-0.15, -0.1) is 0 Å². The molecule has 0 spiro atoms. The number of hydrogen-bond acceptors (Lipinski definition) is 4. The Balaban J connectivity index is 2.57. The minimum atomic E-state index is -0.110. The van der Waals surface area contributed by atoms with E-state index in [1.165, 1.54) is 0 Å². The Bertz CT molecular complexity index is 223. The van der Waals surface area contributed by atoms with Crippen molar-refractivity contribution in [3.05, 3.63) is 0 Å². The molecule has 0 aliphatic carbocycles. The highest BCUT2D eigenvalue weighted by molar-refractivity contribution is 5.78. The fourth-order valence-corrected chi connectivity index (χ4v) is 1.98. The number of amides is 1. The second-order valence-corrected chi connectivity index (χ2v) is 4.20. The normalized spacial score (nSPS) is 27.1. The van der Waals surface area contributed by atoms with Crippen molar-refractivity contribution in [2.75, 3.05) is 19.8 Å². The van der Waals surface area contributed by atoms with Crippen LogP contribution in [0, 0.1) is 5.92 Å². The van der Waals surface area contributed by atoms with Crippen molar-refractivity contribution in [1.29, 1.82) is 0 Å². The lowest BCUT2D eigenvalue weighted by Crippen LogP contribution is -2.53. The van der Waals surface area contributed by atoms with Gasteiger partial charge in [0.2, 0.25) is 5.91 Å². The lowest BCUT2D eigenvalue weighted by molar-refractivity contribution is -0.128. The van der Waals surface area contributed by atoms with Gasteiger partial charge in [0.05, 0.1) is 19.1 Å². The topological polar surface area (TPSA) is 67.6 Å². The Morgan fingerprint density at radius 2 is 2.27 bits per heavy atom. The van der Waals surface area contributed by atoms with E-state index in [2.05, 4.69) is 24.2 Å². The van der Waals surface area contributed by atoms with Gasteiger partial charge in [0.1, 0.15) is 0 Å². The zero-order chi connectivity index (χ0) is 11.4. The molecule has 15 heavy (non-hydrogen) atoms. The number of carbonyl (C=O) groups excluding carboxylic acids is 1. The summed E-state index contributed by atoms with van der Waals surface area (Å²) >= 11 is 0. The third-order valence-corrected chi connectivity index (χ3v) is 3.22. The largest absolute Gasteiger partial charge is 0.379 e. The highest BCUT2D eigenvalue weighted by atomic mass is 16.5. The maximum absolute atomic E-state index is 11.4. The quantitative estimate of drug-likeness (QED) is 0.386. The van der Waals surface area contributed by atoms with Gasteiger partial charge in [0.25, 0.3) is 0 Å². The number of nitrogens with one attached hydrogen (secondary N) is 1. The summed E-state index contributed by atoms with van der Waals surface area (Å²) in [6.45, 7) is 8.43. The van der Waals surface area contributed by atoms with Gasteiger partial charge in [0.15, 0.2) is 0 Å². The molecule has 0 aromatic carbocycles. The zero-order valence-corrected chi connectivity index (χ0v) is 9.69. The Morgan fingerprint density at radius 3 is 2.80 bits per heavy atom. The van der Waals surface area contributed by atoms with Crippen LogP contribution in [0.15, 0.2) is 0 Å². The molecule has 1 amide bonds. The van der Waals surface area contributed by atoms with Gasteiger partial charge in [-0.3, -0.25) is 15.1 Å². The number of nitrogens with two attached hydrogens (primary N) is 1. The van der Waals surface area contributed by atoms with Crippen molar-refractivity contribution in [2.24, 2.45) is 11.8 Å². The van der Waals surface area contributed by atoms with Crippen LogP contribution in [-0.4, -0.2) is 42.6 Å². The van der Waals surface area contributed by atoms with Crippen LogP contribution in [0.5, 0.6) is 0 Å². The van der Waals surface area contributed by atoms with E-state index in [4.69, 9.17) is 10.6 Å². The standard InChI is InChI=1S/C10H21N3O2/c1-7-6-15-5-4-13(7)9(3)8(2)10(14)12-11/h7-9H,4-6,11H2,1-3H3,(H,12,14). The summed E-state index contributed by atoms with van der Waals surface area (Å²) in [4.78, 5) is 13.7. The highest BCUT2D eigenvalue weighted by Gasteiger charge is 2.30. The minimum Gasteiger partial charge on any atom is -0.379 e. The van der Waals surface area contributed by atoms with Crippen LogP contribution >= 0.6 is 0 Å². The van der Waals surface area contributed by atoms with Crippen molar-refractivity contribution in [1.82, 2.24) is 10.3 Å². The second kappa shape index (κ2) is 5.44. The fraction of sp³-hybridized carbons (Fsp3) is 0.900. The van der Waals surface area contributed by atoms with E-state index in [0.717, 1.165) is 19.8 Å². The smallest absolute Gasteiger partial charge is 0.238 e. The molecule has 0 aromatic rings. The molecule has 0 saturated carbocycles. The number of rotatable bonds is 3. The van der Waals surface area contributed by atoms with Gasteiger partial charge >= 0.3 is 0 Å². The predicted molar refractivity (Wildman–Crippen MR) is 57.9 cm³/mol. The minimum absolute atomic E-state index is 0.101. The van der Waals surface area contributed by atoms with Crippen LogP contribution in [-0.2, 0) is 9.53 Å². The first kappa shape index (κ1) is 12.4. The summed E-state index contributed by atoms with van der Waals surface area (Å²) in [6.07, 6.45) is 0. The van der Waals surface area contributed by atoms with E-state index in [0.29, 0.717) is 6.04 Å². The van der Waals surface area contributed by atoms with Crippen LogP contribution in [0.1, 0.15) is 20.8 Å². The van der Waals surface area contributed by atoms with Crippen molar-refractivity contribution < 1.29 is 9.53 Å². The monoisotopic (exact) mass is 215 g/mol. The van der Waals surface area contributed by atoms with Gasteiger partial charge in [-0.1, -0.05) is 6.92 Å². The van der Waals surface area contributed by atoms with Crippen LogP contribution in [0.3, 0.4) is 0 Å². The first-order valence-corrected chi connectivity index (χ1v) is 5.42. The molecule has 0 aromatic heterocycles. The Hall–Kier alpha value is -0.650. The number of hydrazine groups is 1. The molecule has 1 aliphatic rings. The van der Waals surface area contributed by atoms with Gasteiger partial charge in [-0.05, 0) is 13.8 Å². The Morgan fingerprint density at radius 1 is 1.60 bits per heavy atom. The van der Waals surface area contributed by atoms with Crippen molar-refractivity contribution in [3.8, 4) is 0 Å². The Labute approximate surface area is 90.9 Å². The van der Waals surface area contributed by atoms with Crippen LogP contribution < -0.4 is 11.3 Å². The van der Waals surface area contributed by atoms with Gasteiger partial charge in [0, 0.05) is 18.6 Å². The molecule has 5 heteroatoms. The van der Waals surface area contributed by atoms with E-state index in [-0.39, 0.29) is 17.9 Å². The summed E-state index contributed by atoms with van der Waals surface area (Å²) in [7, 11) is 0. The third-order valence-electron chi connectivity index (χ3n) is 3.22. The summed E-state index contributed by atoms with van der Waals surface area (Å²) < 4.78 is 5.36. The number of hydrogen-bond donors (Lipinski definition) is 2. The first-order valence-electron chi connectivity index (χ1n) is 5.42. The highest BCUT2D eigenvalue weighted by Crippen LogP contribution is 2.16. The molecule has 3 atom stereocenters. The average Bonchev–Trinajstić information content (AvgIpc) is 2.26. The molecule has 1 saturated heterocycles. The molecule has 1 fully saturated rings. The van der Waals surface area contributed by atoms with E-state index in [1.54, 1.807) is 0 Å². The molecule has 1 heterocycles. The average molecular weight is 215 g/mol. The van der Waals surface area contributed by atoms with Crippen molar-refractivity contribution in [3.63, 3.8) is 0 Å².